The van der Waals surface area contributed by atoms with Gasteiger partial charge in [0, 0.05) is 0 Å². The lowest BCUT2D eigenvalue weighted by Crippen LogP contribution is -2.43. The summed E-state index contributed by atoms with van der Waals surface area (Å²) in [6.45, 7) is 6.21. The minimum absolute atomic E-state index is 0.111. The molecule has 1 nitrogen and oxygen atoms in total. The second-order valence-corrected chi connectivity index (χ2v) is 9.89. The van der Waals surface area contributed by atoms with Crippen molar-refractivity contribution in [2.75, 3.05) is 0 Å². The lowest BCUT2D eigenvalue weighted by molar-refractivity contribution is -0.112. The molecule has 20 heavy (non-hydrogen) atoms. The quantitative estimate of drug-likeness (QED) is 0.615. The van der Waals surface area contributed by atoms with Gasteiger partial charge >= 0.3 is 0 Å². The van der Waals surface area contributed by atoms with Gasteiger partial charge in [0.05, 0.1) is 0 Å². The van der Waals surface area contributed by atoms with Crippen LogP contribution in [0.3, 0.4) is 0 Å². The van der Waals surface area contributed by atoms with Crippen LogP contribution in [0.4, 0.5) is 0 Å². The van der Waals surface area contributed by atoms with E-state index in [1.165, 1.54) is 10.4 Å². The largest absolute Gasteiger partial charge is 0.295 e. The summed E-state index contributed by atoms with van der Waals surface area (Å²) >= 11 is 0. The molecule has 0 amide bonds. The zero-order valence-corrected chi connectivity index (χ0v) is 13.3. The number of benzene rings is 2. The fourth-order valence-corrected chi connectivity index (χ4v) is 5.25. The van der Waals surface area contributed by atoms with E-state index in [2.05, 4.69) is 49.5 Å². The van der Waals surface area contributed by atoms with Gasteiger partial charge in [0.1, 0.15) is 8.07 Å². The van der Waals surface area contributed by atoms with E-state index in [1.807, 2.05) is 30.3 Å². The third kappa shape index (κ3) is 3.14. The molecule has 0 unspecified atom stereocenters. The highest BCUT2D eigenvalue weighted by Crippen LogP contribution is 2.25. The standard InChI is InChI=1S/C18H20OSi/c1-15(19)14-18(16-10-6-4-7-11-16)20(2,3)17-12-8-5-9-13-17/h4-14H,1-3H3/b18-14+. The van der Waals surface area contributed by atoms with Crippen molar-refractivity contribution < 1.29 is 4.79 Å². The summed E-state index contributed by atoms with van der Waals surface area (Å²) in [5.74, 6) is 0.111. The summed E-state index contributed by atoms with van der Waals surface area (Å²) in [5, 5.41) is 2.54. The minimum Gasteiger partial charge on any atom is -0.295 e. The molecule has 0 heterocycles. The Bertz CT molecular complexity index is 612. The summed E-state index contributed by atoms with van der Waals surface area (Å²) in [4.78, 5) is 11.7. The highest BCUT2D eigenvalue weighted by molar-refractivity contribution is 7.04. The first-order valence-corrected chi connectivity index (χ1v) is 9.85. The predicted molar refractivity (Wildman–Crippen MR) is 88.7 cm³/mol. The zero-order chi connectivity index (χ0) is 14.6. The Morgan fingerprint density at radius 1 is 0.900 bits per heavy atom. The maximum atomic E-state index is 11.7. The van der Waals surface area contributed by atoms with Crippen molar-refractivity contribution in [3.63, 3.8) is 0 Å². The Labute approximate surface area is 122 Å². The molecule has 2 aromatic rings. The van der Waals surface area contributed by atoms with E-state index in [0.29, 0.717) is 0 Å². The van der Waals surface area contributed by atoms with Gasteiger partial charge in [-0.15, -0.1) is 0 Å². The summed E-state index contributed by atoms with van der Waals surface area (Å²) in [6.07, 6.45) is 1.81. The molecule has 0 bridgehead atoms. The smallest absolute Gasteiger partial charge is 0.152 e. The van der Waals surface area contributed by atoms with Crippen LogP contribution in [0.15, 0.2) is 66.7 Å². The molecule has 2 aromatic carbocycles. The van der Waals surface area contributed by atoms with Gasteiger partial charge in [-0.1, -0.05) is 78.9 Å². The molecule has 0 aliphatic heterocycles. The van der Waals surface area contributed by atoms with Crippen molar-refractivity contribution in [3.8, 4) is 0 Å². The number of rotatable bonds is 4. The van der Waals surface area contributed by atoms with E-state index < -0.39 is 8.07 Å². The molecule has 2 rings (SSSR count). The van der Waals surface area contributed by atoms with Gasteiger partial charge in [0.2, 0.25) is 0 Å². The van der Waals surface area contributed by atoms with Crippen molar-refractivity contribution in [2.45, 2.75) is 20.0 Å². The molecule has 0 aliphatic carbocycles. The fourth-order valence-electron chi connectivity index (χ4n) is 2.46. The first-order chi connectivity index (χ1) is 9.51. The molecule has 0 N–H and O–H groups in total. The van der Waals surface area contributed by atoms with E-state index >= 15 is 0 Å². The number of hydrogen-bond donors (Lipinski definition) is 0. The number of carbonyl (C=O) groups is 1. The normalized spacial score (nSPS) is 12.2. The highest BCUT2D eigenvalue weighted by atomic mass is 28.3. The molecular weight excluding hydrogens is 260 g/mol. The third-order valence-corrected chi connectivity index (χ3v) is 7.16. The zero-order valence-electron chi connectivity index (χ0n) is 12.3. The number of hydrogen-bond acceptors (Lipinski definition) is 1. The first-order valence-electron chi connectivity index (χ1n) is 6.85. The van der Waals surface area contributed by atoms with Crippen LogP contribution in [0.2, 0.25) is 13.1 Å². The predicted octanol–water partition coefficient (Wildman–Crippen LogP) is 3.81. The fraction of sp³-hybridized carbons (Fsp3) is 0.167. The van der Waals surface area contributed by atoms with Crippen LogP contribution in [0.1, 0.15) is 12.5 Å². The second-order valence-electron chi connectivity index (χ2n) is 5.53. The van der Waals surface area contributed by atoms with Crippen LogP contribution in [0.25, 0.3) is 5.20 Å². The number of allylic oxidation sites excluding steroid dienone is 1. The average Bonchev–Trinajstić information content (AvgIpc) is 2.46. The van der Waals surface area contributed by atoms with Gasteiger partial charge in [-0.25, -0.2) is 0 Å². The van der Waals surface area contributed by atoms with Gasteiger partial charge in [0.15, 0.2) is 5.78 Å². The number of ketones is 1. The van der Waals surface area contributed by atoms with E-state index in [4.69, 9.17) is 0 Å². The third-order valence-electron chi connectivity index (χ3n) is 3.60. The molecule has 0 saturated heterocycles. The van der Waals surface area contributed by atoms with Gasteiger partial charge in [-0.3, -0.25) is 4.79 Å². The van der Waals surface area contributed by atoms with Crippen molar-refractivity contribution >= 4 is 24.2 Å². The molecule has 0 atom stereocenters. The molecule has 0 radical (unpaired) electrons. The lowest BCUT2D eigenvalue weighted by atomic mass is 10.2. The molecule has 0 spiro atoms. The van der Waals surface area contributed by atoms with Gasteiger partial charge in [-0.05, 0) is 23.8 Å². The van der Waals surface area contributed by atoms with E-state index in [9.17, 15) is 4.79 Å². The molecule has 102 valence electrons. The van der Waals surface area contributed by atoms with Crippen LogP contribution in [-0.2, 0) is 4.79 Å². The first kappa shape index (κ1) is 14.5. The van der Waals surface area contributed by atoms with Crippen molar-refractivity contribution in [2.24, 2.45) is 0 Å². The summed E-state index contributed by atoms with van der Waals surface area (Å²) in [6, 6.07) is 20.8. The van der Waals surface area contributed by atoms with E-state index in [1.54, 1.807) is 6.92 Å². The van der Waals surface area contributed by atoms with Crippen molar-refractivity contribution in [1.82, 2.24) is 0 Å². The van der Waals surface area contributed by atoms with Crippen LogP contribution in [0.5, 0.6) is 0 Å². The molecule has 0 aliphatic rings. The minimum atomic E-state index is -1.87. The number of carbonyl (C=O) groups excluding carboxylic acids is 1. The maximum Gasteiger partial charge on any atom is 0.152 e. The van der Waals surface area contributed by atoms with Crippen LogP contribution in [-0.4, -0.2) is 13.9 Å². The van der Waals surface area contributed by atoms with Crippen molar-refractivity contribution in [3.05, 3.63) is 72.3 Å². The monoisotopic (exact) mass is 280 g/mol. The van der Waals surface area contributed by atoms with Crippen LogP contribution < -0.4 is 5.19 Å². The lowest BCUT2D eigenvalue weighted by Gasteiger charge is -2.27. The summed E-state index contributed by atoms with van der Waals surface area (Å²) in [7, 11) is -1.87. The Balaban J connectivity index is 2.56. The van der Waals surface area contributed by atoms with Gasteiger partial charge < -0.3 is 0 Å². The molecule has 0 saturated carbocycles. The molecule has 0 aromatic heterocycles. The Hall–Kier alpha value is -1.93. The second kappa shape index (κ2) is 6.01. The average molecular weight is 280 g/mol. The topological polar surface area (TPSA) is 17.1 Å². The van der Waals surface area contributed by atoms with E-state index in [-0.39, 0.29) is 5.78 Å². The molecule has 2 heteroatoms. The van der Waals surface area contributed by atoms with E-state index in [0.717, 1.165) is 5.56 Å². The Morgan fingerprint density at radius 3 is 1.90 bits per heavy atom. The van der Waals surface area contributed by atoms with Gasteiger partial charge in [-0.2, -0.15) is 0 Å². The molecule has 0 fully saturated rings. The van der Waals surface area contributed by atoms with Crippen LogP contribution >= 0.6 is 0 Å². The highest BCUT2D eigenvalue weighted by Gasteiger charge is 2.29. The molecular formula is C18H20OSi. The van der Waals surface area contributed by atoms with Gasteiger partial charge in [0.25, 0.3) is 0 Å². The SMILES string of the molecule is CC(=O)/C=C(\c1ccccc1)[Si](C)(C)c1ccccc1. The van der Waals surface area contributed by atoms with Crippen LogP contribution in [0, 0.1) is 0 Å². The Kier molecular flexibility index (Phi) is 4.35. The maximum absolute atomic E-state index is 11.7. The summed E-state index contributed by atoms with van der Waals surface area (Å²) < 4.78 is 0. The Morgan fingerprint density at radius 2 is 1.40 bits per heavy atom. The summed E-state index contributed by atoms with van der Waals surface area (Å²) in [5.41, 5.74) is 1.16. The van der Waals surface area contributed by atoms with Crippen molar-refractivity contribution in [1.29, 1.82) is 0 Å².